The first-order valence-electron chi connectivity index (χ1n) is 10.7. The van der Waals surface area contributed by atoms with Crippen LogP contribution in [-0.2, 0) is 17.1 Å². The van der Waals surface area contributed by atoms with Crippen molar-refractivity contribution in [1.82, 2.24) is 15.1 Å². The fourth-order valence-electron chi connectivity index (χ4n) is 4.55. The SMILES string of the molecule is O=C(c1cc(C(F)(F)F)cc(C(F)(F)F)c1)N1CCC2(CC1)C(=O)NCN2C(I)c1ccccc1. The van der Waals surface area contributed by atoms with Crippen LogP contribution in [0.1, 0.15) is 43.9 Å². The summed E-state index contributed by atoms with van der Waals surface area (Å²) in [6, 6.07) is 10.4. The molecule has 0 saturated carbocycles. The average molecular weight is 611 g/mol. The van der Waals surface area contributed by atoms with Gasteiger partial charge in [-0.25, -0.2) is 0 Å². The van der Waals surface area contributed by atoms with Gasteiger partial charge in [0, 0.05) is 18.7 Å². The van der Waals surface area contributed by atoms with Crippen LogP contribution in [-0.4, -0.2) is 46.9 Å². The van der Waals surface area contributed by atoms with Gasteiger partial charge in [0.1, 0.15) is 5.54 Å². The number of carbonyl (C=O) groups is 2. The molecule has 35 heavy (non-hydrogen) atoms. The average Bonchev–Trinajstić information content (AvgIpc) is 3.13. The summed E-state index contributed by atoms with van der Waals surface area (Å²) in [5.74, 6) is -1.14. The van der Waals surface area contributed by atoms with Crippen molar-refractivity contribution in [2.24, 2.45) is 0 Å². The monoisotopic (exact) mass is 611 g/mol. The Kier molecular flexibility index (Phi) is 6.81. The number of amides is 2. The Morgan fingerprint density at radius 1 is 0.943 bits per heavy atom. The Balaban J connectivity index is 1.56. The standard InChI is InChI=1S/C23H20F6IN3O2/c24-22(25,26)16-10-15(11-17(12-16)23(27,28)29)19(34)32-8-6-21(7-9-32)20(35)31-13-33(21)18(30)14-4-2-1-3-5-14/h1-5,10-12,18H,6-9,13H2,(H,31,35). The molecule has 1 atom stereocenters. The maximum Gasteiger partial charge on any atom is 0.416 e. The molecule has 1 unspecified atom stereocenters. The first kappa shape index (κ1) is 25.7. The predicted molar refractivity (Wildman–Crippen MR) is 122 cm³/mol. The summed E-state index contributed by atoms with van der Waals surface area (Å²) >= 11 is 2.22. The van der Waals surface area contributed by atoms with E-state index in [9.17, 15) is 35.9 Å². The Bertz CT molecular complexity index is 1080. The van der Waals surface area contributed by atoms with Gasteiger partial charge in [0.25, 0.3) is 5.91 Å². The van der Waals surface area contributed by atoms with Crippen LogP contribution in [0.5, 0.6) is 0 Å². The highest BCUT2D eigenvalue weighted by atomic mass is 127. The lowest BCUT2D eigenvalue weighted by atomic mass is 9.85. The molecule has 2 aliphatic rings. The summed E-state index contributed by atoms with van der Waals surface area (Å²) in [7, 11) is 0. The van der Waals surface area contributed by atoms with Crippen molar-refractivity contribution >= 4 is 34.4 Å². The molecular weight excluding hydrogens is 591 g/mol. The van der Waals surface area contributed by atoms with Crippen LogP contribution in [0.3, 0.4) is 0 Å². The van der Waals surface area contributed by atoms with E-state index in [0.717, 1.165) is 5.56 Å². The molecule has 4 rings (SSSR count). The van der Waals surface area contributed by atoms with Crippen LogP contribution < -0.4 is 5.32 Å². The van der Waals surface area contributed by atoms with E-state index in [2.05, 4.69) is 27.9 Å². The van der Waals surface area contributed by atoms with Crippen LogP contribution in [0.15, 0.2) is 48.5 Å². The largest absolute Gasteiger partial charge is 0.416 e. The quantitative estimate of drug-likeness (QED) is 0.224. The van der Waals surface area contributed by atoms with E-state index in [0.29, 0.717) is 12.1 Å². The van der Waals surface area contributed by atoms with Crippen molar-refractivity contribution in [1.29, 1.82) is 0 Å². The molecule has 5 nitrogen and oxygen atoms in total. The minimum absolute atomic E-state index is 0.00709. The fourth-order valence-corrected chi connectivity index (χ4v) is 5.69. The number of alkyl halides is 7. The van der Waals surface area contributed by atoms with E-state index in [-0.39, 0.29) is 48.6 Å². The van der Waals surface area contributed by atoms with Crippen molar-refractivity contribution in [2.75, 3.05) is 19.8 Å². The Hall–Kier alpha value is -2.35. The second kappa shape index (κ2) is 9.26. The van der Waals surface area contributed by atoms with Crippen molar-refractivity contribution in [3.63, 3.8) is 0 Å². The molecule has 0 radical (unpaired) electrons. The van der Waals surface area contributed by atoms with E-state index in [1.807, 2.05) is 35.2 Å². The summed E-state index contributed by atoms with van der Waals surface area (Å²) < 4.78 is 79.0. The molecule has 0 aliphatic carbocycles. The summed E-state index contributed by atoms with van der Waals surface area (Å²) in [5, 5.41) is 2.83. The summed E-state index contributed by atoms with van der Waals surface area (Å²) in [6.07, 6.45) is -9.70. The lowest BCUT2D eigenvalue weighted by Gasteiger charge is -2.44. The summed E-state index contributed by atoms with van der Waals surface area (Å²) in [6.45, 7) is 0.314. The number of piperidine rings is 1. The summed E-state index contributed by atoms with van der Waals surface area (Å²) in [4.78, 5) is 29.0. The topological polar surface area (TPSA) is 52.7 Å². The highest BCUT2D eigenvalue weighted by Crippen LogP contribution is 2.42. The van der Waals surface area contributed by atoms with Gasteiger partial charge < -0.3 is 10.2 Å². The molecule has 2 heterocycles. The molecule has 0 bridgehead atoms. The number of nitrogens with zero attached hydrogens (tertiary/aromatic N) is 2. The van der Waals surface area contributed by atoms with Gasteiger partial charge in [0.05, 0.1) is 21.8 Å². The third-order valence-electron chi connectivity index (χ3n) is 6.44. The number of hydrogen-bond donors (Lipinski definition) is 1. The molecule has 2 saturated heterocycles. The number of nitrogens with one attached hydrogen (secondary N) is 1. The zero-order chi connectivity index (χ0) is 25.6. The fraction of sp³-hybridized carbons (Fsp3) is 0.391. The minimum Gasteiger partial charge on any atom is -0.342 e. The maximum absolute atomic E-state index is 13.2. The van der Waals surface area contributed by atoms with E-state index < -0.39 is 40.5 Å². The molecule has 0 aromatic heterocycles. The molecule has 1 spiro atoms. The van der Waals surface area contributed by atoms with Crippen LogP contribution >= 0.6 is 22.6 Å². The molecule has 2 amide bonds. The Labute approximate surface area is 210 Å². The second-order valence-corrected chi connectivity index (χ2v) is 9.68. The maximum atomic E-state index is 13.2. The highest BCUT2D eigenvalue weighted by molar-refractivity contribution is 14.1. The molecule has 2 aliphatic heterocycles. The van der Waals surface area contributed by atoms with Crippen molar-refractivity contribution < 1.29 is 35.9 Å². The van der Waals surface area contributed by atoms with Crippen molar-refractivity contribution in [2.45, 2.75) is 34.8 Å². The lowest BCUT2D eigenvalue weighted by Crippen LogP contribution is -2.57. The number of benzene rings is 2. The number of rotatable bonds is 3. The van der Waals surface area contributed by atoms with Gasteiger partial charge in [-0.05, 0) is 36.6 Å². The van der Waals surface area contributed by atoms with E-state index in [1.54, 1.807) is 0 Å². The molecular formula is C23H20F6IN3O2. The highest BCUT2D eigenvalue weighted by Gasteiger charge is 2.52. The lowest BCUT2D eigenvalue weighted by molar-refractivity contribution is -0.143. The van der Waals surface area contributed by atoms with Crippen LogP contribution in [0, 0.1) is 0 Å². The van der Waals surface area contributed by atoms with E-state index >= 15 is 0 Å². The smallest absolute Gasteiger partial charge is 0.342 e. The Morgan fingerprint density at radius 2 is 1.49 bits per heavy atom. The predicted octanol–water partition coefficient (Wildman–Crippen LogP) is 5.22. The third-order valence-corrected chi connectivity index (χ3v) is 7.83. The van der Waals surface area contributed by atoms with Crippen molar-refractivity contribution in [3.8, 4) is 0 Å². The van der Waals surface area contributed by atoms with Crippen LogP contribution in [0.2, 0.25) is 0 Å². The van der Waals surface area contributed by atoms with Crippen LogP contribution in [0.4, 0.5) is 26.3 Å². The zero-order valence-corrected chi connectivity index (χ0v) is 20.2. The molecule has 188 valence electrons. The van der Waals surface area contributed by atoms with Crippen LogP contribution in [0.25, 0.3) is 0 Å². The molecule has 2 fully saturated rings. The van der Waals surface area contributed by atoms with Gasteiger partial charge in [-0.3, -0.25) is 14.5 Å². The molecule has 1 N–H and O–H groups in total. The van der Waals surface area contributed by atoms with Gasteiger partial charge in [0.15, 0.2) is 0 Å². The zero-order valence-electron chi connectivity index (χ0n) is 18.1. The van der Waals surface area contributed by atoms with Gasteiger partial charge in [-0.15, -0.1) is 0 Å². The van der Waals surface area contributed by atoms with Gasteiger partial charge >= 0.3 is 12.4 Å². The normalized spacial score (nSPS) is 19.6. The summed E-state index contributed by atoms with van der Waals surface area (Å²) in [5.41, 5.74) is -3.72. The van der Waals surface area contributed by atoms with E-state index in [4.69, 9.17) is 0 Å². The first-order chi connectivity index (χ1) is 16.3. The molecule has 2 aromatic carbocycles. The number of halogens is 7. The Morgan fingerprint density at radius 3 is 2.00 bits per heavy atom. The second-order valence-electron chi connectivity index (χ2n) is 8.50. The molecule has 2 aromatic rings. The third kappa shape index (κ3) is 4.99. The number of hydrogen-bond acceptors (Lipinski definition) is 3. The number of likely N-dealkylation sites (tertiary alicyclic amines) is 1. The molecule has 12 heteroatoms. The minimum atomic E-state index is -5.04. The number of carbonyl (C=O) groups excluding carboxylic acids is 2. The van der Waals surface area contributed by atoms with E-state index in [1.165, 1.54) is 4.90 Å². The van der Waals surface area contributed by atoms with Gasteiger partial charge in [-0.1, -0.05) is 52.9 Å². The van der Waals surface area contributed by atoms with Crippen molar-refractivity contribution in [3.05, 3.63) is 70.8 Å². The van der Waals surface area contributed by atoms with Gasteiger partial charge in [-0.2, -0.15) is 26.3 Å². The van der Waals surface area contributed by atoms with Gasteiger partial charge in [0.2, 0.25) is 5.91 Å². The first-order valence-corrected chi connectivity index (χ1v) is 11.9.